The highest BCUT2D eigenvalue weighted by Crippen LogP contribution is 2.36. The summed E-state index contributed by atoms with van der Waals surface area (Å²) in [6.07, 6.45) is -0.856. The summed E-state index contributed by atoms with van der Waals surface area (Å²) in [5, 5.41) is 0. The molecule has 27 heavy (non-hydrogen) atoms. The van der Waals surface area contributed by atoms with Crippen LogP contribution in [0.3, 0.4) is 0 Å². The average molecular weight is 388 g/mol. The molecule has 1 amide bonds. The SMILES string of the molecule is CCN(CC)C(=O)[C@H]1CN(S(=O)(=O)Cc2ccccc2)c2ccccc2O1. The van der Waals surface area contributed by atoms with Crippen molar-refractivity contribution in [2.24, 2.45) is 0 Å². The highest BCUT2D eigenvalue weighted by atomic mass is 32.2. The van der Waals surface area contributed by atoms with E-state index in [-0.39, 0.29) is 18.2 Å². The number of carbonyl (C=O) groups excluding carboxylic acids is 1. The van der Waals surface area contributed by atoms with Gasteiger partial charge < -0.3 is 9.64 Å². The minimum Gasteiger partial charge on any atom is -0.476 e. The van der Waals surface area contributed by atoms with Crippen LogP contribution in [0.25, 0.3) is 0 Å². The molecule has 0 aromatic heterocycles. The molecule has 0 saturated carbocycles. The van der Waals surface area contributed by atoms with Gasteiger partial charge in [0.25, 0.3) is 5.91 Å². The number of sulfonamides is 1. The molecule has 0 saturated heterocycles. The van der Waals surface area contributed by atoms with Gasteiger partial charge in [-0.3, -0.25) is 9.10 Å². The van der Waals surface area contributed by atoms with E-state index in [1.807, 2.05) is 32.0 Å². The Morgan fingerprint density at radius 2 is 1.70 bits per heavy atom. The second-order valence-corrected chi connectivity index (χ2v) is 8.25. The maximum atomic E-state index is 13.1. The van der Waals surface area contributed by atoms with Crippen LogP contribution in [0.15, 0.2) is 54.6 Å². The molecule has 2 aromatic carbocycles. The van der Waals surface area contributed by atoms with Gasteiger partial charge in [-0.1, -0.05) is 42.5 Å². The summed E-state index contributed by atoms with van der Waals surface area (Å²) in [5.41, 5.74) is 1.17. The maximum absolute atomic E-state index is 13.1. The number of carbonyl (C=O) groups is 1. The van der Waals surface area contributed by atoms with E-state index in [4.69, 9.17) is 4.74 Å². The normalized spacial score (nSPS) is 16.4. The van der Waals surface area contributed by atoms with Gasteiger partial charge in [0.1, 0.15) is 5.75 Å². The number of para-hydroxylation sites is 2. The van der Waals surface area contributed by atoms with Gasteiger partial charge in [0.2, 0.25) is 10.0 Å². The van der Waals surface area contributed by atoms with E-state index in [0.717, 1.165) is 0 Å². The van der Waals surface area contributed by atoms with Crippen LogP contribution in [0.1, 0.15) is 19.4 Å². The van der Waals surface area contributed by atoms with Crippen molar-refractivity contribution in [1.29, 1.82) is 0 Å². The Morgan fingerprint density at radius 1 is 1.07 bits per heavy atom. The molecule has 0 fully saturated rings. The molecule has 0 N–H and O–H groups in total. The van der Waals surface area contributed by atoms with Crippen molar-refractivity contribution in [3.8, 4) is 5.75 Å². The monoisotopic (exact) mass is 388 g/mol. The number of anilines is 1. The smallest absolute Gasteiger partial charge is 0.265 e. The standard InChI is InChI=1S/C20H24N2O4S/c1-3-21(4-2)20(23)19-14-22(17-12-8-9-13-18(17)26-19)27(24,25)15-16-10-6-5-7-11-16/h5-13,19H,3-4,14-15H2,1-2H3/t19-/m1/s1. The van der Waals surface area contributed by atoms with Gasteiger partial charge in [0.05, 0.1) is 18.0 Å². The van der Waals surface area contributed by atoms with Crippen LogP contribution in [-0.2, 0) is 20.6 Å². The molecule has 7 heteroatoms. The van der Waals surface area contributed by atoms with Crippen LogP contribution in [0, 0.1) is 0 Å². The molecule has 0 radical (unpaired) electrons. The van der Waals surface area contributed by atoms with E-state index >= 15 is 0 Å². The minimum absolute atomic E-state index is 0.0263. The lowest BCUT2D eigenvalue weighted by Crippen LogP contribution is -2.52. The molecule has 3 rings (SSSR count). The third kappa shape index (κ3) is 4.08. The summed E-state index contributed by atoms with van der Waals surface area (Å²) in [6, 6.07) is 16.0. The van der Waals surface area contributed by atoms with Crippen LogP contribution in [0.4, 0.5) is 5.69 Å². The molecule has 0 aliphatic carbocycles. The summed E-state index contributed by atoms with van der Waals surface area (Å²) >= 11 is 0. The Kier molecular flexibility index (Phi) is 5.70. The van der Waals surface area contributed by atoms with Crippen LogP contribution in [0.5, 0.6) is 5.75 Å². The zero-order chi connectivity index (χ0) is 19.4. The summed E-state index contributed by atoms with van der Waals surface area (Å²) in [4.78, 5) is 14.4. The van der Waals surface area contributed by atoms with Crippen LogP contribution < -0.4 is 9.04 Å². The largest absolute Gasteiger partial charge is 0.476 e. The van der Waals surface area contributed by atoms with Crippen molar-refractivity contribution in [2.75, 3.05) is 23.9 Å². The van der Waals surface area contributed by atoms with Crippen molar-refractivity contribution >= 4 is 21.6 Å². The quantitative estimate of drug-likeness (QED) is 0.763. The van der Waals surface area contributed by atoms with E-state index in [1.165, 1.54) is 4.31 Å². The van der Waals surface area contributed by atoms with Crippen molar-refractivity contribution in [2.45, 2.75) is 25.7 Å². The molecule has 1 atom stereocenters. The lowest BCUT2D eigenvalue weighted by molar-refractivity contribution is -0.138. The Labute approximate surface area is 160 Å². The molecule has 0 spiro atoms. The first-order valence-corrected chi connectivity index (χ1v) is 10.7. The summed E-state index contributed by atoms with van der Waals surface area (Å²) < 4.78 is 33.4. The van der Waals surface area contributed by atoms with Crippen molar-refractivity contribution in [1.82, 2.24) is 4.90 Å². The lowest BCUT2D eigenvalue weighted by atomic mass is 10.2. The summed E-state index contributed by atoms with van der Waals surface area (Å²) in [5.74, 6) is 0.0780. The molecule has 2 aromatic rings. The third-order valence-corrected chi connectivity index (χ3v) is 6.33. The van der Waals surface area contributed by atoms with E-state index in [9.17, 15) is 13.2 Å². The van der Waals surface area contributed by atoms with Gasteiger partial charge in [-0.2, -0.15) is 0 Å². The number of fused-ring (bicyclic) bond motifs is 1. The number of hydrogen-bond acceptors (Lipinski definition) is 4. The lowest BCUT2D eigenvalue weighted by Gasteiger charge is -2.36. The summed E-state index contributed by atoms with van der Waals surface area (Å²) in [7, 11) is -3.67. The molecular formula is C20H24N2O4S. The molecule has 1 heterocycles. The molecule has 6 nitrogen and oxygen atoms in total. The number of benzene rings is 2. The minimum atomic E-state index is -3.67. The topological polar surface area (TPSA) is 66.9 Å². The van der Waals surface area contributed by atoms with Crippen molar-refractivity contribution < 1.29 is 17.9 Å². The zero-order valence-corrected chi connectivity index (χ0v) is 16.4. The van der Waals surface area contributed by atoms with Gasteiger partial charge in [-0.25, -0.2) is 8.42 Å². The predicted molar refractivity (Wildman–Crippen MR) is 105 cm³/mol. The first-order chi connectivity index (χ1) is 13.0. The Bertz CT molecular complexity index is 895. The molecule has 1 aliphatic rings. The second-order valence-electron chi connectivity index (χ2n) is 6.36. The summed E-state index contributed by atoms with van der Waals surface area (Å²) in [6.45, 7) is 4.85. The number of amides is 1. The number of likely N-dealkylation sites (N-methyl/N-ethyl adjacent to an activating group) is 1. The predicted octanol–water partition coefficient (Wildman–Crippen LogP) is 2.65. The van der Waals surface area contributed by atoms with E-state index in [2.05, 4.69) is 0 Å². The Balaban J connectivity index is 1.94. The molecular weight excluding hydrogens is 364 g/mol. The van der Waals surface area contributed by atoms with Gasteiger partial charge in [0, 0.05) is 13.1 Å². The first-order valence-electron chi connectivity index (χ1n) is 9.05. The van der Waals surface area contributed by atoms with Gasteiger partial charge in [-0.05, 0) is 31.5 Å². The fourth-order valence-corrected chi connectivity index (χ4v) is 4.78. The third-order valence-electron chi connectivity index (χ3n) is 4.61. The van der Waals surface area contributed by atoms with E-state index in [1.54, 1.807) is 41.3 Å². The molecule has 144 valence electrons. The highest BCUT2D eigenvalue weighted by Gasteiger charge is 2.37. The fraction of sp³-hybridized carbons (Fsp3) is 0.350. The van der Waals surface area contributed by atoms with E-state index in [0.29, 0.717) is 30.1 Å². The second kappa shape index (κ2) is 8.00. The first kappa shape index (κ1) is 19.2. The maximum Gasteiger partial charge on any atom is 0.265 e. The average Bonchev–Trinajstić information content (AvgIpc) is 2.68. The van der Waals surface area contributed by atoms with Gasteiger partial charge in [-0.15, -0.1) is 0 Å². The van der Waals surface area contributed by atoms with E-state index < -0.39 is 16.1 Å². The van der Waals surface area contributed by atoms with Crippen LogP contribution >= 0.6 is 0 Å². The van der Waals surface area contributed by atoms with Gasteiger partial charge in [0.15, 0.2) is 6.10 Å². The number of rotatable bonds is 6. The number of hydrogen-bond donors (Lipinski definition) is 0. The molecule has 0 bridgehead atoms. The molecule has 1 aliphatic heterocycles. The van der Waals surface area contributed by atoms with Crippen molar-refractivity contribution in [3.63, 3.8) is 0 Å². The zero-order valence-electron chi connectivity index (χ0n) is 15.5. The highest BCUT2D eigenvalue weighted by molar-refractivity contribution is 7.92. The Morgan fingerprint density at radius 3 is 2.37 bits per heavy atom. The van der Waals surface area contributed by atoms with Crippen LogP contribution in [0.2, 0.25) is 0 Å². The molecule has 0 unspecified atom stereocenters. The number of nitrogens with zero attached hydrogens (tertiary/aromatic N) is 2. The van der Waals surface area contributed by atoms with Crippen LogP contribution in [-0.4, -0.2) is 45.0 Å². The number of ether oxygens (including phenoxy) is 1. The van der Waals surface area contributed by atoms with Gasteiger partial charge >= 0.3 is 0 Å². The van der Waals surface area contributed by atoms with Crippen molar-refractivity contribution in [3.05, 3.63) is 60.2 Å². The Hall–Kier alpha value is -2.54. The fourth-order valence-electron chi connectivity index (χ4n) is 3.20.